The lowest BCUT2D eigenvalue weighted by atomic mass is 10.3. The van der Waals surface area contributed by atoms with Crippen molar-refractivity contribution in [3.05, 3.63) is 29.3 Å². The van der Waals surface area contributed by atoms with Gasteiger partial charge in [-0.3, -0.25) is 4.99 Å². The van der Waals surface area contributed by atoms with E-state index < -0.39 is 0 Å². The molecule has 1 N–H and O–H groups in total. The number of halogens is 1. The van der Waals surface area contributed by atoms with E-state index in [1.54, 1.807) is 0 Å². The van der Waals surface area contributed by atoms with Crippen LogP contribution in [-0.2, 0) is 0 Å². The Morgan fingerprint density at radius 3 is 3.00 bits per heavy atom. The normalized spacial score (nSPS) is 24.3. The van der Waals surface area contributed by atoms with Crippen LogP contribution >= 0.6 is 23.4 Å². The van der Waals surface area contributed by atoms with Gasteiger partial charge in [0.1, 0.15) is 0 Å². The molecule has 1 fully saturated rings. The minimum atomic E-state index is 0.710. The lowest BCUT2D eigenvalue weighted by Crippen LogP contribution is -2.08. The number of thioether (sulfide) groups is 1. The maximum absolute atomic E-state index is 5.93. The summed E-state index contributed by atoms with van der Waals surface area (Å²) in [5.74, 6) is 0.910. The van der Waals surface area contributed by atoms with Crippen LogP contribution in [-0.4, -0.2) is 17.0 Å². The number of hydrogen-bond acceptors (Lipinski definition) is 3. The average molecular weight is 253 g/mol. The predicted octanol–water partition coefficient (Wildman–Crippen LogP) is 3.63. The zero-order valence-electron chi connectivity index (χ0n) is 8.82. The topological polar surface area (TPSA) is 24.4 Å². The summed E-state index contributed by atoms with van der Waals surface area (Å²) in [7, 11) is 0. The van der Waals surface area contributed by atoms with Crippen LogP contribution in [0.4, 0.5) is 5.69 Å². The molecule has 2 nitrogen and oxygen atoms in total. The number of hydrogen-bond donors (Lipinski definition) is 1. The number of rotatable bonds is 2. The molecule has 1 atom stereocenters. The van der Waals surface area contributed by atoms with E-state index in [9.17, 15) is 0 Å². The predicted molar refractivity (Wildman–Crippen MR) is 71.5 cm³/mol. The van der Waals surface area contributed by atoms with Crippen LogP contribution in [0.5, 0.6) is 0 Å². The molecule has 0 radical (unpaired) electrons. The van der Waals surface area contributed by atoms with E-state index in [0.717, 1.165) is 28.3 Å². The molecule has 1 aromatic carbocycles. The smallest absolute Gasteiger partial charge is 0.161 e. The number of anilines is 1. The van der Waals surface area contributed by atoms with Crippen LogP contribution in [0, 0.1) is 5.92 Å². The molecule has 4 heteroatoms. The molecule has 0 aromatic heterocycles. The second-order valence-electron chi connectivity index (χ2n) is 4.27. The third-order valence-corrected chi connectivity index (χ3v) is 4.43. The molecule has 1 saturated carbocycles. The van der Waals surface area contributed by atoms with Crippen LogP contribution in [0.15, 0.2) is 29.3 Å². The molecule has 0 amide bonds. The first-order chi connectivity index (χ1) is 7.81. The van der Waals surface area contributed by atoms with Gasteiger partial charge in [-0.15, -0.1) is 0 Å². The van der Waals surface area contributed by atoms with Gasteiger partial charge in [0.2, 0.25) is 0 Å². The summed E-state index contributed by atoms with van der Waals surface area (Å²) in [6.45, 7) is 0.970. The molecule has 16 heavy (non-hydrogen) atoms. The van der Waals surface area contributed by atoms with Crippen molar-refractivity contribution in [3.63, 3.8) is 0 Å². The molecule has 84 valence electrons. The van der Waals surface area contributed by atoms with Crippen molar-refractivity contribution in [2.24, 2.45) is 10.9 Å². The first-order valence-corrected chi connectivity index (χ1v) is 6.81. The van der Waals surface area contributed by atoms with Crippen LogP contribution in [0.1, 0.15) is 12.8 Å². The molecule has 1 aliphatic carbocycles. The molecule has 0 saturated heterocycles. The van der Waals surface area contributed by atoms with Crippen LogP contribution in [0.3, 0.4) is 0 Å². The fourth-order valence-electron chi connectivity index (χ4n) is 1.86. The molecule has 0 spiro atoms. The van der Waals surface area contributed by atoms with E-state index in [1.807, 2.05) is 36.0 Å². The Bertz CT molecular complexity index is 429. The van der Waals surface area contributed by atoms with Crippen molar-refractivity contribution < 1.29 is 0 Å². The largest absolute Gasteiger partial charge is 0.335 e. The Kier molecular flexibility index (Phi) is 2.82. The summed E-state index contributed by atoms with van der Waals surface area (Å²) >= 11 is 7.81. The lowest BCUT2D eigenvalue weighted by molar-refractivity contribution is 0.773. The van der Waals surface area contributed by atoms with Crippen LogP contribution in [0.2, 0.25) is 5.02 Å². The number of aliphatic imine (C=N–C) groups is 1. The summed E-state index contributed by atoms with van der Waals surface area (Å²) < 4.78 is 0. The highest BCUT2D eigenvalue weighted by atomic mass is 35.5. The van der Waals surface area contributed by atoms with Gasteiger partial charge in [-0.2, -0.15) is 0 Å². The van der Waals surface area contributed by atoms with E-state index in [4.69, 9.17) is 11.6 Å². The highest BCUT2D eigenvalue weighted by molar-refractivity contribution is 8.15. The second-order valence-corrected chi connectivity index (χ2v) is 5.94. The molecule has 3 rings (SSSR count). The van der Waals surface area contributed by atoms with Crippen molar-refractivity contribution in [1.82, 2.24) is 0 Å². The minimum absolute atomic E-state index is 0.710. The number of nitrogens with zero attached hydrogens (tertiary/aromatic N) is 1. The minimum Gasteiger partial charge on any atom is -0.335 e. The van der Waals surface area contributed by atoms with Gasteiger partial charge in [-0.1, -0.05) is 29.4 Å². The van der Waals surface area contributed by atoms with E-state index >= 15 is 0 Å². The highest BCUT2D eigenvalue weighted by Gasteiger charge is 2.35. The Labute approximate surface area is 104 Å². The summed E-state index contributed by atoms with van der Waals surface area (Å²) in [5.41, 5.74) is 1.02. The van der Waals surface area contributed by atoms with E-state index in [-0.39, 0.29) is 0 Å². The first-order valence-electron chi connectivity index (χ1n) is 5.55. The maximum Gasteiger partial charge on any atom is 0.161 e. The van der Waals surface area contributed by atoms with Crippen molar-refractivity contribution in [1.29, 1.82) is 0 Å². The Hall–Kier alpha value is -0.670. The van der Waals surface area contributed by atoms with E-state index in [1.165, 1.54) is 12.8 Å². The van der Waals surface area contributed by atoms with Gasteiger partial charge in [-0.05, 0) is 37.0 Å². The second kappa shape index (κ2) is 4.30. The lowest BCUT2D eigenvalue weighted by Gasteiger charge is -2.07. The fourth-order valence-corrected chi connectivity index (χ4v) is 3.28. The van der Waals surface area contributed by atoms with Crippen molar-refractivity contribution in [2.75, 3.05) is 11.9 Å². The quantitative estimate of drug-likeness (QED) is 0.869. The third-order valence-electron chi connectivity index (χ3n) is 2.90. The summed E-state index contributed by atoms with van der Waals surface area (Å²) in [5, 5.41) is 5.83. The van der Waals surface area contributed by atoms with Crippen LogP contribution < -0.4 is 5.32 Å². The number of amidine groups is 1. The van der Waals surface area contributed by atoms with Crippen molar-refractivity contribution in [2.45, 2.75) is 18.1 Å². The summed E-state index contributed by atoms with van der Waals surface area (Å²) in [4.78, 5) is 4.53. The molecule has 2 aliphatic rings. The Balaban J connectivity index is 1.63. The maximum atomic E-state index is 5.93. The van der Waals surface area contributed by atoms with Crippen molar-refractivity contribution in [3.8, 4) is 0 Å². The SMILES string of the molecule is Clc1cccc(NC2=NCC(C3CC3)S2)c1. The fraction of sp³-hybridized carbons (Fsp3) is 0.417. The molecule has 1 unspecified atom stereocenters. The van der Waals surface area contributed by atoms with Crippen molar-refractivity contribution >= 4 is 34.2 Å². The zero-order valence-corrected chi connectivity index (χ0v) is 10.4. The molecular formula is C12H13ClN2S. The number of benzene rings is 1. The molecule has 1 aromatic rings. The van der Waals surface area contributed by atoms with E-state index in [2.05, 4.69) is 10.3 Å². The molecule has 0 bridgehead atoms. The summed E-state index contributed by atoms with van der Waals surface area (Å²) in [6, 6.07) is 7.76. The monoisotopic (exact) mass is 252 g/mol. The zero-order chi connectivity index (χ0) is 11.0. The van der Waals surface area contributed by atoms with Gasteiger partial charge in [0.25, 0.3) is 0 Å². The van der Waals surface area contributed by atoms with Gasteiger partial charge in [0.05, 0.1) is 6.54 Å². The van der Waals surface area contributed by atoms with Crippen LogP contribution in [0.25, 0.3) is 0 Å². The van der Waals surface area contributed by atoms with E-state index in [0.29, 0.717) is 5.25 Å². The van der Waals surface area contributed by atoms with Gasteiger partial charge < -0.3 is 5.32 Å². The van der Waals surface area contributed by atoms with Gasteiger partial charge in [-0.25, -0.2) is 0 Å². The summed E-state index contributed by atoms with van der Waals surface area (Å²) in [6.07, 6.45) is 2.77. The molecular weight excluding hydrogens is 240 g/mol. The Morgan fingerprint density at radius 1 is 1.38 bits per heavy atom. The van der Waals surface area contributed by atoms with Gasteiger partial charge in [0, 0.05) is 16.0 Å². The average Bonchev–Trinajstić information content (AvgIpc) is 3.01. The number of nitrogens with one attached hydrogen (secondary N) is 1. The Morgan fingerprint density at radius 2 is 2.25 bits per heavy atom. The first kappa shape index (κ1) is 10.5. The highest BCUT2D eigenvalue weighted by Crippen LogP contribution is 2.41. The van der Waals surface area contributed by atoms with Gasteiger partial charge >= 0.3 is 0 Å². The standard InChI is InChI=1S/C12H13ClN2S/c13-9-2-1-3-10(6-9)15-12-14-7-11(16-12)8-4-5-8/h1-3,6,8,11H,4-5,7H2,(H,14,15). The molecule has 1 heterocycles. The van der Waals surface area contributed by atoms with Gasteiger partial charge in [0.15, 0.2) is 5.17 Å². The third kappa shape index (κ3) is 2.36. The molecule has 1 aliphatic heterocycles.